The van der Waals surface area contributed by atoms with Gasteiger partial charge in [-0.05, 0) is 66.1 Å². The Kier molecular flexibility index (Phi) is 7.53. The molecule has 0 fully saturated rings. The monoisotopic (exact) mass is 408 g/mol. The van der Waals surface area contributed by atoms with Crippen LogP contribution < -0.4 is 14.8 Å². The van der Waals surface area contributed by atoms with Crippen LogP contribution in [0.2, 0.25) is 0 Å². The van der Waals surface area contributed by atoms with Crippen molar-refractivity contribution in [2.45, 2.75) is 17.1 Å². The lowest BCUT2D eigenvalue weighted by Gasteiger charge is -2.11. The molecule has 2 aromatic carbocycles. The summed E-state index contributed by atoms with van der Waals surface area (Å²) in [5, 5.41) is 2.96. The maximum absolute atomic E-state index is 12.4. The van der Waals surface area contributed by atoms with Gasteiger partial charge in [-0.25, -0.2) is 0 Å². The lowest BCUT2D eigenvalue weighted by molar-refractivity contribution is 0.0954. The lowest BCUT2D eigenvalue weighted by Crippen LogP contribution is -2.25. The van der Waals surface area contributed by atoms with Crippen molar-refractivity contribution in [3.8, 4) is 11.5 Å². The van der Waals surface area contributed by atoms with Crippen molar-refractivity contribution in [2.24, 2.45) is 0 Å². The summed E-state index contributed by atoms with van der Waals surface area (Å²) in [4.78, 5) is 17.7. The van der Waals surface area contributed by atoms with E-state index in [0.717, 1.165) is 27.7 Å². The van der Waals surface area contributed by atoms with Crippen molar-refractivity contribution >= 4 is 17.7 Å². The highest BCUT2D eigenvalue weighted by Crippen LogP contribution is 2.24. The number of hydrogen-bond acceptors (Lipinski definition) is 5. The first kappa shape index (κ1) is 20.7. The second-order valence-electron chi connectivity index (χ2n) is 6.36. The van der Waals surface area contributed by atoms with E-state index in [0.29, 0.717) is 18.5 Å². The number of benzene rings is 2. The van der Waals surface area contributed by atoms with E-state index in [2.05, 4.69) is 16.4 Å². The fraction of sp³-hybridized carbons (Fsp3) is 0.217. The van der Waals surface area contributed by atoms with Gasteiger partial charge in [0.2, 0.25) is 0 Å². The molecular weight excluding hydrogens is 384 g/mol. The van der Waals surface area contributed by atoms with E-state index in [1.54, 1.807) is 32.2 Å². The Morgan fingerprint density at radius 1 is 1.07 bits per heavy atom. The van der Waals surface area contributed by atoms with Crippen LogP contribution in [0.25, 0.3) is 0 Å². The molecule has 150 valence electrons. The predicted octanol–water partition coefficient (Wildman–Crippen LogP) is 4.36. The highest BCUT2D eigenvalue weighted by Gasteiger charge is 2.08. The Balaban J connectivity index is 1.51. The average molecular weight is 409 g/mol. The van der Waals surface area contributed by atoms with Crippen LogP contribution in [0.3, 0.4) is 0 Å². The van der Waals surface area contributed by atoms with Crippen LogP contribution in [0.15, 0.2) is 71.9 Å². The number of nitrogens with zero attached hydrogens (tertiary/aromatic N) is 1. The minimum atomic E-state index is -0.0873. The minimum absolute atomic E-state index is 0.0873. The maximum atomic E-state index is 12.4. The molecule has 0 aliphatic rings. The number of ether oxygens (including phenoxy) is 2. The molecule has 0 aliphatic heterocycles. The summed E-state index contributed by atoms with van der Waals surface area (Å²) in [5.74, 6) is 2.32. The maximum Gasteiger partial charge on any atom is 0.251 e. The summed E-state index contributed by atoms with van der Waals surface area (Å²) in [7, 11) is 3.27. The van der Waals surface area contributed by atoms with Gasteiger partial charge in [-0.2, -0.15) is 0 Å². The molecule has 0 unspecified atom stereocenters. The van der Waals surface area contributed by atoms with Gasteiger partial charge >= 0.3 is 0 Å². The van der Waals surface area contributed by atoms with Crippen LogP contribution in [0.1, 0.15) is 21.5 Å². The van der Waals surface area contributed by atoms with Crippen molar-refractivity contribution in [1.82, 2.24) is 10.3 Å². The first-order chi connectivity index (χ1) is 14.2. The van der Waals surface area contributed by atoms with Gasteiger partial charge in [0.25, 0.3) is 5.91 Å². The molecule has 5 nitrogen and oxygen atoms in total. The van der Waals surface area contributed by atoms with Crippen molar-refractivity contribution in [3.05, 3.63) is 83.7 Å². The standard InChI is InChI=1S/C23H24N2O3S/c1-27-20-7-10-22(28-2)19(14-20)11-13-25-23(26)18-5-8-21(9-6-18)29-16-17-4-3-12-24-15-17/h3-10,12,14-15H,11,13,16H2,1-2H3,(H,25,26). The molecule has 3 aromatic rings. The molecule has 0 spiro atoms. The van der Waals surface area contributed by atoms with Crippen LogP contribution in [-0.2, 0) is 12.2 Å². The van der Waals surface area contributed by atoms with Crippen molar-refractivity contribution in [3.63, 3.8) is 0 Å². The second-order valence-corrected chi connectivity index (χ2v) is 7.41. The van der Waals surface area contributed by atoms with E-state index >= 15 is 0 Å². The highest BCUT2D eigenvalue weighted by atomic mass is 32.2. The van der Waals surface area contributed by atoms with Gasteiger partial charge in [-0.3, -0.25) is 9.78 Å². The number of rotatable bonds is 9. The Hall–Kier alpha value is -2.99. The quantitative estimate of drug-likeness (QED) is 0.533. The van der Waals surface area contributed by atoms with Crippen LogP contribution in [0.4, 0.5) is 0 Å². The smallest absolute Gasteiger partial charge is 0.251 e. The Labute approximate surface area is 175 Å². The van der Waals surface area contributed by atoms with E-state index in [4.69, 9.17) is 9.47 Å². The van der Waals surface area contributed by atoms with Gasteiger partial charge in [-0.1, -0.05) is 6.07 Å². The first-order valence-corrected chi connectivity index (χ1v) is 10.3. The van der Waals surface area contributed by atoms with Crippen LogP contribution in [0.5, 0.6) is 11.5 Å². The third-order valence-electron chi connectivity index (χ3n) is 4.41. The predicted molar refractivity (Wildman–Crippen MR) is 116 cm³/mol. The lowest BCUT2D eigenvalue weighted by atomic mass is 10.1. The third-order valence-corrected chi connectivity index (χ3v) is 5.50. The molecule has 1 amide bonds. The van der Waals surface area contributed by atoms with Gasteiger partial charge in [0.15, 0.2) is 0 Å². The van der Waals surface area contributed by atoms with Crippen molar-refractivity contribution in [1.29, 1.82) is 0 Å². The van der Waals surface area contributed by atoms with E-state index in [9.17, 15) is 4.79 Å². The number of carbonyl (C=O) groups is 1. The van der Waals surface area contributed by atoms with Crippen molar-refractivity contribution in [2.75, 3.05) is 20.8 Å². The molecule has 1 N–H and O–H groups in total. The summed E-state index contributed by atoms with van der Waals surface area (Å²) in [5.41, 5.74) is 2.81. The fourth-order valence-corrected chi connectivity index (χ4v) is 3.68. The molecule has 3 rings (SSSR count). The molecule has 1 aromatic heterocycles. The SMILES string of the molecule is COc1ccc(OC)c(CCNC(=O)c2ccc(SCc3cccnc3)cc2)c1. The van der Waals surface area contributed by atoms with Crippen LogP contribution in [0, 0.1) is 0 Å². The summed E-state index contributed by atoms with van der Waals surface area (Å²) >= 11 is 1.72. The third kappa shape index (κ3) is 5.99. The molecule has 6 heteroatoms. The molecule has 0 aliphatic carbocycles. The number of nitrogens with one attached hydrogen (secondary N) is 1. The van der Waals surface area contributed by atoms with Crippen LogP contribution >= 0.6 is 11.8 Å². The fourth-order valence-electron chi connectivity index (χ4n) is 2.84. The highest BCUT2D eigenvalue weighted by molar-refractivity contribution is 7.98. The topological polar surface area (TPSA) is 60.5 Å². The van der Waals surface area contributed by atoms with Gasteiger partial charge in [0.1, 0.15) is 11.5 Å². The largest absolute Gasteiger partial charge is 0.497 e. The van der Waals surface area contributed by atoms with Gasteiger partial charge in [-0.15, -0.1) is 11.8 Å². The average Bonchev–Trinajstić information content (AvgIpc) is 2.78. The molecule has 0 atom stereocenters. The zero-order chi connectivity index (χ0) is 20.5. The zero-order valence-corrected chi connectivity index (χ0v) is 17.4. The molecule has 0 radical (unpaired) electrons. The molecular formula is C23H24N2O3S. The Bertz CT molecular complexity index is 931. The van der Waals surface area contributed by atoms with Crippen molar-refractivity contribution < 1.29 is 14.3 Å². The molecule has 1 heterocycles. The van der Waals surface area contributed by atoms with E-state index < -0.39 is 0 Å². The Morgan fingerprint density at radius 2 is 1.90 bits per heavy atom. The Morgan fingerprint density at radius 3 is 2.59 bits per heavy atom. The number of hydrogen-bond donors (Lipinski definition) is 1. The summed E-state index contributed by atoms with van der Waals surface area (Å²) < 4.78 is 10.6. The first-order valence-electron chi connectivity index (χ1n) is 9.30. The molecule has 0 bridgehead atoms. The summed E-state index contributed by atoms with van der Waals surface area (Å²) in [6, 6.07) is 17.3. The van der Waals surface area contributed by atoms with E-state index in [1.165, 1.54) is 5.56 Å². The molecule has 0 saturated carbocycles. The number of methoxy groups -OCH3 is 2. The number of carbonyl (C=O) groups excluding carboxylic acids is 1. The summed E-state index contributed by atoms with van der Waals surface area (Å²) in [6.45, 7) is 0.514. The van der Waals surface area contributed by atoms with Gasteiger partial charge in [0, 0.05) is 35.2 Å². The normalized spacial score (nSPS) is 10.4. The number of pyridine rings is 1. The van der Waals surface area contributed by atoms with E-state index in [1.807, 2.05) is 54.7 Å². The second kappa shape index (κ2) is 10.5. The van der Waals surface area contributed by atoms with Crippen LogP contribution in [-0.4, -0.2) is 31.7 Å². The molecule has 29 heavy (non-hydrogen) atoms. The molecule has 0 saturated heterocycles. The van der Waals surface area contributed by atoms with E-state index in [-0.39, 0.29) is 5.91 Å². The van der Waals surface area contributed by atoms with Gasteiger partial charge < -0.3 is 14.8 Å². The number of aromatic nitrogens is 1. The number of thioether (sulfide) groups is 1. The summed E-state index contributed by atoms with van der Waals surface area (Å²) in [6.07, 6.45) is 4.29. The zero-order valence-electron chi connectivity index (χ0n) is 16.6. The number of amides is 1. The van der Waals surface area contributed by atoms with Gasteiger partial charge in [0.05, 0.1) is 14.2 Å². The minimum Gasteiger partial charge on any atom is -0.497 e.